The number of fused-ring (bicyclic) bond motifs is 1. The standard InChI is InChI=1S/C18H24N4O/c1-3-22-14-16(23-18-9-5-4-8-17(18)22)13-21(2)12-15(11-20)7-6-10-19/h4-5,8-9,15-16H,3,6-7,12-14H2,1-2H3/t15-,16-/m0/s1. The van der Waals surface area contributed by atoms with Gasteiger partial charge in [0.15, 0.2) is 0 Å². The molecule has 1 aliphatic rings. The molecule has 0 bridgehead atoms. The number of hydrogen-bond donors (Lipinski definition) is 0. The summed E-state index contributed by atoms with van der Waals surface area (Å²) < 4.78 is 6.11. The van der Waals surface area contributed by atoms with Crippen LogP contribution in [0.15, 0.2) is 24.3 Å². The van der Waals surface area contributed by atoms with Crippen LogP contribution in [0.25, 0.3) is 0 Å². The van der Waals surface area contributed by atoms with Crippen LogP contribution in [0.2, 0.25) is 0 Å². The van der Waals surface area contributed by atoms with Gasteiger partial charge in [0.25, 0.3) is 0 Å². The van der Waals surface area contributed by atoms with Crippen LogP contribution in [0.4, 0.5) is 5.69 Å². The summed E-state index contributed by atoms with van der Waals surface area (Å²) >= 11 is 0. The highest BCUT2D eigenvalue weighted by Crippen LogP contribution is 2.32. The van der Waals surface area contributed by atoms with Crippen LogP contribution >= 0.6 is 0 Å². The van der Waals surface area contributed by atoms with E-state index in [2.05, 4.69) is 34.9 Å². The second-order valence-corrected chi connectivity index (χ2v) is 5.99. The minimum Gasteiger partial charge on any atom is -0.485 e. The molecule has 23 heavy (non-hydrogen) atoms. The van der Waals surface area contributed by atoms with Crippen molar-refractivity contribution in [3.8, 4) is 17.9 Å². The van der Waals surface area contributed by atoms with Gasteiger partial charge in [0, 0.05) is 26.1 Å². The fourth-order valence-corrected chi connectivity index (χ4v) is 3.01. The van der Waals surface area contributed by atoms with Crippen molar-refractivity contribution in [2.24, 2.45) is 5.92 Å². The molecule has 1 heterocycles. The third kappa shape index (κ3) is 4.61. The minimum atomic E-state index is -0.0993. The summed E-state index contributed by atoms with van der Waals surface area (Å²) in [7, 11) is 2.01. The van der Waals surface area contributed by atoms with Crippen LogP contribution in [-0.2, 0) is 0 Å². The van der Waals surface area contributed by atoms with E-state index >= 15 is 0 Å². The SMILES string of the molecule is CCN1C[C@H](CN(C)C[C@H](C#N)CCC#N)Oc2ccccc21. The average Bonchev–Trinajstić information content (AvgIpc) is 2.57. The fourth-order valence-electron chi connectivity index (χ4n) is 3.01. The number of para-hydroxylation sites is 2. The van der Waals surface area contributed by atoms with Gasteiger partial charge in [-0.2, -0.15) is 10.5 Å². The first-order valence-electron chi connectivity index (χ1n) is 8.13. The lowest BCUT2D eigenvalue weighted by atomic mass is 10.0. The van der Waals surface area contributed by atoms with E-state index in [1.165, 1.54) is 0 Å². The van der Waals surface area contributed by atoms with E-state index in [0.29, 0.717) is 19.4 Å². The molecule has 2 atom stereocenters. The zero-order valence-electron chi connectivity index (χ0n) is 13.9. The normalized spacial score (nSPS) is 17.8. The zero-order chi connectivity index (χ0) is 16.7. The summed E-state index contributed by atoms with van der Waals surface area (Å²) in [6, 6.07) is 12.5. The number of hydrogen-bond acceptors (Lipinski definition) is 5. The van der Waals surface area contributed by atoms with E-state index in [1.807, 2.05) is 25.2 Å². The molecule has 0 fully saturated rings. The number of likely N-dealkylation sites (N-methyl/N-ethyl adjacent to an activating group) is 2. The van der Waals surface area contributed by atoms with Crippen molar-refractivity contribution >= 4 is 5.69 Å². The van der Waals surface area contributed by atoms with Crippen LogP contribution in [0.5, 0.6) is 5.75 Å². The summed E-state index contributed by atoms with van der Waals surface area (Å²) in [5, 5.41) is 17.8. The molecule has 0 spiro atoms. The molecule has 0 saturated heterocycles. The summed E-state index contributed by atoms with van der Waals surface area (Å²) in [4.78, 5) is 4.46. The van der Waals surface area contributed by atoms with Crippen LogP contribution in [0, 0.1) is 28.6 Å². The van der Waals surface area contributed by atoms with Crippen molar-refractivity contribution in [2.75, 3.05) is 38.1 Å². The topological polar surface area (TPSA) is 63.3 Å². The molecule has 122 valence electrons. The van der Waals surface area contributed by atoms with E-state index < -0.39 is 0 Å². The maximum Gasteiger partial charge on any atom is 0.143 e. The van der Waals surface area contributed by atoms with Gasteiger partial charge in [-0.25, -0.2) is 0 Å². The second kappa shape index (κ2) is 8.41. The summed E-state index contributed by atoms with van der Waals surface area (Å²) in [6.07, 6.45) is 1.15. The van der Waals surface area contributed by atoms with Crippen LogP contribution in [-0.4, -0.2) is 44.2 Å². The van der Waals surface area contributed by atoms with E-state index in [0.717, 1.165) is 31.1 Å². The molecule has 2 rings (SSSR count). The van der Waals surface area contributed by atoms with Gasteiger partial charge in [0.2, 0.25) is 0 Å². The van der Waals surface area contributed by atoms with Gasteiger partial charge >= 0.3 is 0 Å². The Morgan fingerprint density at radius 3 is 2.87 bits per heavy atom. The molecule has 0 unspecified atom stereocenters. The molecule has 0 radical (unpaired) electrons. The van der Waals surface area contributed by atoms with Gasteiger partial charge in [-0.15, -0.1) is 0 Å². The highest BCUT2D eigenvalue weighted by molar-refractivity contribution is 5.60. The molecule has 1 aromatic rings. The Morgan fingerprint density at radius 2 is 2.17 bits per heavy atom. The molecule has 0 aromatic heterocycles. The van der Waals surface area contributed by atoms with E-state index in [-0.39, 0.29) is 12.0 Å². The highest BCUT2D eigenvalue weighted by atomic mass is 16.5. The van der Waals surface area contributed by atoms with Gasteiger partial charge < -0.3 is 14.5 Å². The monoisotopic (exact) mass is 312 g/mol. The molecule has 1 aromatic carbocycles. The maximum atomic E-state index is 9.19. The van der Waals surface area contributed by atoms with Crippen LogP contribution in [0.1, 0.15) is 19.8 Å². The Morgan fingerprint density at radius 1 is 1.39 bits per heavy atom. The molecule has 0 amide bonds. The first-order chi connectivity index (χ1) is 11.2. The molecule has 5 heteroatoms. The summed E-state index contributed by atoms with van der Waals surface area (Å²) in [6.45, 7) is 5.40. The van der Waals surface area contributed by atoms with Gasteiger partial charge in [-0.05, 0) is 32.5 Å². The third-order valence-corrected chi connectivity index (χ3v) is 4.14. The van der Waals surface area contributed by atoms with Crippen LogP contribution in [0.3, 0.4) is 0 Å². The van der Waals surface area contributed by atoms with E-state index in [1.54, 1.807) is 0 Å². The van der Waals surface area contributed by atoms with Crippen molar-refractivity contribution in [3.05, 3.63) is 24.3 Å². The molecule has 5 nitrogen and oxygen atoms in total. The Balaban J connectivity index is 1.93. The first kappa shape index (κ1) is 17.1. The quantitative estimate of drug-likeness (QED) is 0.774. The Labute approximate surface area is 138 Å². The highest BCUT2D eigenvalue weighted by Gasteiger charge is 2.26. The Hall–Kier alpha value is -2.24. The fraction of sp³-hybridized carbons (Fsp3) is 0.556. The molecule has 0 N–H and O–H groups in total. The maximum absolute atomic E-state index is 9.19. The molecule has 0 saturated carbocycles. The van der Waals surface area contributed by atoms with Gasteiger partial charge in [0.1, 0.15) is 11.9 Å². The molecular weight excluding hydrogens is 288 g/mol. The number of anilines is 1. The number of benzene rings is 1. The third-order valence-electron chi connectivity index (χ3n) is 4.14. The lowest BCUT2D eigenvalue weighted by molar-refractivity contribution is 0.137. The van der Waals surface area contributed by atoms with Gasteiger partial charge in [0.05, 0.1) is 30.3 Å². The van der Waals surface area contributed by atoms with Crippen LogP contribution < -0.4 is 9.64 Å². The lowest BCUT2D eigenvalue weighted by Crippen LogP contribution is -2.46. The number of nitriles is 2. The zero-order valence-corrected chi connectivity index (χ0v) is 13.9. The number of rotatable bonds is 7. The van der Waals surface area contributed by atoms with Crippen molar-refractivity contribution in [3.63, 3.8) is 0 Å². The average molecular weight is 312 g/mol. The summed E-state index contributed by atoms with van der Waals surface area (Å²) in [5.41, 5.74) is 1.15. The first-order valence-corrected chi connectivity index (χ1v) is 8.13. The van der Waals surface area contributed by atoms with Gasteiger partial charge in [-0.1, -0.05) is 12.1 Å². The largest absolute Gasteiger partial charge is 0.485 e. The van der Waals surface area contributed by atoms with E-state index in [9.17, 15) is 5.26 Å². The minimum absolute atomic E-state index is 0.0881. The van der Waals surface area contributed by atoms with Gasteiger partial charge in [-0.3, -0.25) is 0 Å². The molecule has 1 aliphatic heterocycles. The molecular formula is C18H24N4O. The number of ether oxygens (including phenoxy) is 1. The van der Waals surface area contributed by atoms with Crippen molar-refractivity contribution < 1.29 is 4.74 Å². The smallest absolute Gasteiger partial charge is 0.143 e. The van der Waals surface area contributed by atoms with E-state index in [4.69, 9.17) is 10.00 Å². The lowest BCUT2D eigenvalue weighted by Gasteiger charge is -2.37. The molecule has 0 aliphatic carbocycles. The van der Waals surface area contributed by atoms with Crippen molar-refractivity contribution in [1.82, 2.24) is 4.90 Å². The predicted molar refractivity (Wildman–Crippen MR) is 90.2 cm³/mol. The van der Waals surface area contributed by atoms with Crippen molar-refractivity contribution in [1.29, 1.82) is 10.5 Å². The van der Waals surface area contributed by atoms with Crippen molar-refractivity contribution in [2.45, 2.75) is 25.9 Å². The number of nitrogens with zero attached hydrogens (tertiary/aromatic N) is 4. The predicted octanol–water partition coefficient (Wildman–Crippen LogP) is 2.65. The Bertz CT molecular complexity index is 589. The second-order valence-electron chi connectivity index (χ2n) is 5.99. The Kier molecular flexibility index (Phi) is 6.26. The summed E-state index contributed by atoms with van der Waals surface area (Å²) in [5.74, 6) is 0.832.